The molecule has 0 atom stereocenters. The Labute approximate surface area is 120 Å². The van der Waals surface area contributed by atoms with Crippen molar-refractivity contribution in [2.75, 3.05) is 24.0 Å². The number of benzene rings is 1. The van der Waals surface area contributed by atoms with E-state index >= 15 is 0 Å². The van der Waals surface area contributed by atoms with Gasteiger partial charge in [-0.2, -0.15) is 0 Å². The molecular formula is C12H15N5O2S. The number of aromatic nitrogens is 3. The Bertz CT molecular complexity index is 614. The van der Waals surface area contributed by atoms with Crippen molar-refractivity contribution in [3.8, 4) is 5.75 Å². The number of ether oxygens (including phenoxy) is 1. The normalized spacial score (nSPS) is 10.3. The van der Waals surface area contributed by atoms with Crippen LogP contribution in [0.15, 0.2) is 29.7 Å². The zero-order valence-corrected chi connectivity index (χ0v) is 12.0. The summed E-state index contributed by atoms with van der Waals surface area (Å²) in [5.74, 6) is 6.39. The lowest BCUT2D eigenvalue weighted by atomic mass is 10.2. The summed E-state index contributed by atoms with van der Waals surface area (Å²) < 4.78 is 6.39. The molecule has 2 rings (SSSR count). The maximum Gasteiger partial charge on any atom is 0.234 e. The average Bonchev–Trinajstić information content (AvgIpc) is 2.84. The summed E-state index contributed by atoms with van der Waals surface area (Å²) >= 11 is 1.22. The van der Waals surface area contributed by atoms with Gasteiger partial charge in [-0.25, -0.2) is 4.68 Å². The topological polar surface area (TPSA) is 95.1 Å². The Morgan fingerprint density at radius 3 is 2.95 bits per heavy atom. The Morgan fingerprint density at radius 2 is 2.35 bits per heavy atom. The predicted molar refractivity (Wildman–Crippen MR) is 77.3 cm³/mol. The third kappa shape index (κ3) is 3.41. The number of nitrogens with one attached hydrogen (secondary N) is 1. The first kappa shape index (κ1) is 14.2. The molecule has 0 aliphatic rings. The Morgan fingerprint density at radius 1 is 1.55 bits per heavy atom. The fourth-order valence-electron chi connectivity index (χ4n) is 1.56. The number of nitrogens with two attached hydrogens (primary N) is 1. The molecule has 0 saturated carbocycles. The standard InChI is InChI=1S/C12H15N5O2S/c1-8-5-9(19-2)3-4-10(8)15-11(18)6-20-12-16-14-7-17(12)13/h3-5,7H,6,13H2,1-2H3,(H,15,18). The average molecular weight is 293 g/mol. The van der Waals surface area contributed by atoms with Gasteiger partial charge in [-0.05, 0) is 30.7 Å². The van der Waals surface area contributed by atoms with Gasteiger partial charge in [-0.15, -0.1) is 10.2 Å². The molecule has 20 heavy (non-hydrogen) atoms. The van der Waals surface area contributed by atoms with Crippen LogP contribution in [-0.4, -0.2) is 33.6 Å². The van der Waals surface area contributed by atoms with Gasteiger partial charge in [0.25, 0.3) is 0 Å². The van der Waals surface area contributed by atoms with Crippen molar-refractivity contribution in [3.05, 3.63) is 30.1 Å². The molecule has 0 bridgehead atoms. The second-order valence-corrected chi connectivity index (χ2v) is 4.98. The van der Waals surface area contributed by atoms with Gasteiger partial charge < -0.3 is 15.9 Å². The van der Waals surface area contributed by atoms with E-state index in [1.165, 1.54) is 22.8 Å². The van der Waals surface area contributed by atoms with Crippen LogP contribution in [0.25, 0.3) is 0 Å². The van der Waals surface area contributed by atoms with Crippen LogP contribution in [0.2, 0.25) is 0 Å². The third-order valence-electron chi connectivity index (χ3n) is 2.58. The monoisotopic (exact) mass is 293 g/mol. The smallest absolute Gasteiger partial charge is 0.234 e. The van der Waals surface area contributed by atoms with Crippen molar-refractivity contribution >= 4 is 23.4 Å². The fraction of sp³-hybridized carbons (Fsp3) is 0.250. The maximum atomic E-state index is 11.9. The van der Waals surface area contributed by atoms with Crippen LogP contribution in [0.1, 0.15) is 5.56 Å². The minimum atomic E-state index is -0.133. The van der Waals surface area contributed by atoms with Crippen molar-refractivity contribution < 1.29 is 9.53 Å². The molecule has 8 heteroatoms. The van der Waals surface area contributed by atoms with Crippen LogP contribution in [0, 0.1) is 6.92 Å². The highest BCUT2D eigenvalue weighted by Crippen LogP contribution is 2.21. The Kier molecular flexibility index (Phi) is 4.46. The van der Waals surface area contributed by atoms with Crippen molar-refractivity contribution in [1.29, 1.82) is 0 Å². The van der Waals surface area contributed by atoms with Gasteiger partial charge in [0.2, 0.25) is 11.1 Å². The lowest BCUT2D eigenvalue weighted by Gasteiger charge is -2.09. The molecule has 106 valence electrons. The van der Waals surface area contributed by atoms with Crippen LogP contribution in [-0.2, 0) is 4.79 Å². The van der Waals surface area contributed by atoms with E-state index in [1.807, 2.05) is 19.1 Å². The molecule has 0 radical (unpaired) electrons. The molecule has 0 spiro atoms. The van der Waals surface area contributed by atoms with E-state index in [9.17, 15) is 4.79 Å². The Hall–Kier alpha value is -2.22. The zero-order chi connectivity index (χ0) is 14.5. The lowest BCUT2D eigenvalue weighted by Crippen LogP contribution is -2.16. The number of rotatable bonds is 5. The summed E-state index contributed by atoms with van der Waals surface area (Å²) in [6, 6.07) is 5.47. The molecule has 0 unspecified atom stereocenters. The van der Waals surface area contributed by atoms with Gasteiger partial charge in [0.15, 0.2) is 0 Å². The van der Waals surface area contributed by atoms with Crippen molar-refractivity contribution in [1.82, 2.24) is 14.9 Å². The van der Waals surface area contributed by atoms with E-state index in [0.29, 0.717) is 5.16 Å². The number of amides is 1. The molecule has 0 aliphatic heterocycles. The first-order chi connectivity index (χ1) is 9.60. The Balaban J connectivity index is 1.93. The minimum absolute atomic E-state index is 0.133. The molecule has 0 fully saturated rings. The number of anilines is 1. The largest absolute Gasteiger partial charge is 0.497 e. The van der Waals surface area contributed by atoms with E-state index in [1.54, 1.807) is 13.2 Å². The van der Waals surface area contributed by atoms with E-state index in [2.05, 4.69) is 15.5 Å². The van der Waals surface area contributed by atoms with E-state index in [4.69, 9.17) is 10.6 Å². The first-order valence-corrected chi connectivity index (χ1v) is 6.81. The maximum absolute atomic E-state index is 11.9. The third-order valence-corrected chi connectivity index (χ3v) is 3.54. The van der Waals surface area contributed by atoms with Gasteiger partial charge >= 0.3 is 0 Å². The zero-order valence-electron chi connectivity index (χ0n) is 11.2. The molecule has 2 aromatic rings. The predicted octanol–water partition coefficient (Wildman–Crippen LogP) is 1.04. The number of aryl methyl sites for hydroxylation is 1. The quantitative estimate of drug-likeness (QED) is 0.632. The number of hydrogen-bond acceptors (Lipinski definition) is 6. The van der Waals surface area contributed by atoms with Gasteiger partial charge in [-0.3, -0.25) is 4.79 Å². The number of hydrogen-bond donors (Lipinski definition) is 2. The number of nitrogen functional groups attached to an aromatic ring is 1. The summed E-state index contributed by atoms with van der Waals surface area (Å²) in [6.45, 7) is 1.90. The summed E-state index contributed by atoms with van der Waals surface area (Å²) in [4.78, 5) is 11.9. The van der Waals surface area contributed by atoms with Crippen molar-refractivity contribution in [2.24, 2.45) is 0 Å². The van der Waals surface area contributed by atoms with Crippen molar-refractivity contribution in [3.63, 3.8) is 0 Å². The van der Waals surface area contributed by atoms with Gasteiger partial charge in [0, 0.05) is 5.69 Å². The van der Waals surface area contributed by atoms with Crippen LogP contribution in [0.3, 0.4) is 0 Å². The second-order valence-electron chi connectivity index (χ2n) is 4.04. The highest BCUT2D eigenvalue weighted by atomic mass is 32.2. The fourth-order valence-corrected chi connectivity index (χ4v) is 2.19. The number of thioether (sulfide) groups is 1. The molecule has 1 aromatic carbocycles. The van der Waals surface area contributed by atoms with Crippen LogP contribution in [0.5, 0.6) is 5.75 Å². The summed E-state index contributed by atoms with van der Waals surface area (Å²) in [6.07, 6.45) is 1.38. The second kappa shape index (κ2) is 6.29. The minimum Gasteiger partial charge on any atom is -0.497 e. The summed E-state index contributed by atoms with van der Waals surface area (Å²) in [5, 5.41) is 10.7. The van der Waals surface area contributed by atoms with E-state index < -0.39 is 0 Å². The highest BCUT2D eigenvalue weighted by Gasteiger charge is 2.09. The van der Waals surface area contributed by atoms with Gasteiger partial charge in [0.1, 0.15) is 12.1 Å². The molecule has 1 heterocycles. The summed E-state index contributed by atoms with van der Waals surface area (Å²) in [7, 11) is 1.60. The van der Waals surface area contributed by atoms with Crippen LogP contribution >= 0.6 is 11.8 Å². The molecule has 1 aromatic heterocycles. The number of nitrogens with zero attached hydrogens (tertiary/aromatic N) is 3. The molecule has 3 N–H and O–H groups in total. The first-order valence-electron chi connectivity index (χ1n) is 5.82. The molecular weight excluding hydrogens is 278 g/mol. The van der Waals surface area contributed by atoms with Crippen LogP contribution < -0.4 is 15.9 Å². The van der Waals surface area contributed by atoms with Crippen LogP contribution in [0.4, 0.5) is 5.69 Å². The number of carbonyl (C=O) groups excluding carboxylic acids is 1. The lowest BCUT2D eigenvalue weighted by molar-refractivity contribution is -0.113. The van der Waals surface area contributed by atoms with E-state index in [-0.39, 0.29) is 11.7 Å². The summed E-state index contributed by atoms with van der Waals surface area (Å²) in [5.41, 5.74) is 1.69. The molecule has 0 aliphatic carbocycles. The van der Waals surface area contributed by atoms with Gasteiger partial charge in [0.05, 0.1) is 12.9 Å². The SMILES string of the molecule is COc1ccc(NC(=O)CSc2nncn2N)c(C)c1. The van der Waals surface area contributed by atoms with Gasteiger partial charge in [-0.1, -0.05) is 11.8 Å². The number of methoxy groups -OCH3 is 1. The van der Waals surface area contributed by atoms with E-state index in [0.717, 1.165) is 17.0 Å². The molecule has 1 amide bonds. The van der Waals surface area contributed by atoms with Crippen molar-refractivity contribution in [2.45, 2.75) is 12.1 Å². The molecule has 0 saturated heterocycles. The number of carbonyl (C=O) groups is 1. The highest BCUT2D eigenvalue weighted by molar-refractivity contribution is 7.99. The molecule has 7 nitrogen and oxygen atoms in total.